The molecule has 0 amide bonds. The molecule has 0 aliphatic heterocycles. The molecular formula is C9H16F3N. The maximum Gasteiger partial charge on any atom is 0.391 e. The predicted octanol–water partition coefficient (Wildman–Crippen LogP) is 2.53. The van der Waals surface area contributed by atoms with E-state index in [9.17, 15) is 13.2 Å². The molecule has 0 N–H and O–H groups in total. The fourth-order valence-electron chi connectivity index (χ4n) is 2.05. The Bertz CT molecular complexity index is 165. The normalized spacial score (nSPS) is 30.0. The molecule has 1 rings (SSSR count). The molecule has 1 fully saturated rings. The van der Waals surface area contributed by atoms with Gasteiger partial charge in [-0.05, 0) is 39.3 Å². The van der Waals surface area contributed by atoms with Crippen molar-refractivity contribution in [1.29, 1.82) is 0 Å². The molecule has 1 aliphatic rings. The number of nitrogens with zero attached hydrogens (tertiary/aromatic N) is 1. The maximum atomic E-state index is 12.3. The Morgan fingerprint density at radius 3 is 2.23 bits per heavy atom. The fraction of sp³-hybridized carbons (Fsp3) is 1.00. The molecule has 2 unspecified atom stereocenters. The summed E-state index contributed by atoms with van der Waals surface area (Å²) in [5.74, 6) is -0.806. The first-order valence-corrected chi connectivity index (χ1v) is 4.61. The van der Waals surface area contributed by atoms with Gasteiger partial charge in [0.1, 0.15) is 0 Å². The van der Waals surface area contributed by atoms with Crippen LogP contribution in [0.3, 0.4) is 0 Å². The van der Waals surface area contributed by atoms with Gasteiger partial charge in [-0.1, -0.05) is 0 Å². The van der Waals surface area contributed by atoms with Crippen LogP contribution in [-0.2, 0) is 0 Å². The Morgan fingerprint density at radius 1 is 1.23 bits per heavy atom. The second kappa shape index (κ2) is 3.86. The lowest BCUT2D eigenvalue weighted by molar-refractivity contribution is -0.173. The van der Waals surface area contributed by atoms with E-state index in [1.165, 1.54) is 0 Å². The first kappa shape index (κ1) is 10.8. The van der Waals surface area contributed by atoms with Crippen LogP contribution in [0.1, 0.15) is 19.3 Å². The Labute approximate surface area is 76.9 Å². The quantitative estimate of drug-likeness (QED) is 0.654. The molecule has 13 heavy (non-hydrogen) atoms. The second-order valence-electron chi connectivity index (χ2n) is 4.18. The summed E-state index contributed by atoms with van der Waals surface area (Å²) >= 11 is 0. The van der Waals surface area contributed by atoms with Gasteiger partial charge in [0.15, 0.2) is 0 Å². The summed E-state index contributed by atoms with van der Waals surface area (Å²) in [7, 11) is 3.81. The van der Waals surface area contributed by atoms with Crippen molar-refractivity contribution in [2.24, 2.45) is 11.8 Å². The van der Waals surface area contributed by atoms with Gasteiger partial charge < -0.3 is 4.90 Å². The van der Waals surface area contributed by atoms with E-state index in [-0.39, 0.29) is 5.92 Å². The SMILES string of the molecule is CN(C)CC1CCC(C(F)(F)F)C1. The minimum Gasteiger partial charge on any atom is -0.309 e. The lowest BCUT2D eigenvalue weighted by Crippen LogP contribution is -2.23. The Balaban J connectivity index is 2.36. The van der Waals surface area contributed by atoms with Gasteiger partial charge in [0, 0.05) is 6.54 Å². The van der Waals surface area contributed by atoms with E-state index in [4.69, 9.17) is 0 Å². The molecule has 0 spiro atoms. The van der Waals surface area contributed by atoms with Crippen LogP contribution in [0.5, 0.6) is 0 Å². The Kier molecular flexibility index (Phi) is 3.22. The zero-order valence-corrected chi connectivity index (χ0v) is 8.06. The zero-order valence-electron chi connectivity index (χ0n) is 8.06. The monoisotopic (exact) mass is 195 g/mol. The van der Waals surface area contributed by atoms with E-state index in [0.29, 0.717) is 12.8 Å². The molecule has 1 aliphatic carbocycles. The van der Waals surface area contributed by atoms with E-state index >= 15 is 0 Å². The molecule has 0 aromatic rings. The topological polar surface area (TPSA) is 3.24 Å². The minimum atomic E-state index is -3.97. The predicted molar refractivity (Wildman–Crippen MR) is 45.4 cm³/mol. The number of alkyl halides is 3. The van der Waals surface area contributed by atoms with E-state index < -0.39 is 12.1 Å². The zero-order chi connectivity index (χ0) is 10.1. The average Bonchev–Trinajstić information content (AvgIpc) is 2.32. The highest BCUT2D eigenvalue weighted by Crippen LogP contribution is 2.41. The Hall–Kier alpha value is -0.250. The molecule has 1 nitrogen and oxygen atoms in total. The van der Waals surface area contributed by atoms with E-state index in [1.807, 2.05) is 19.0 Å². The highest BCUT2D eigenvalue weighted by Gasteiger charge is 2.43. The van der Waals surface area contributed by atoms with Crippen molar-refractivity contribution in [2.75, 3.05) is 20.6 Å². The van der Waals surface area contributed by atoms with Crippen LogP contribution in [0.2, 0.25) is 0 Å². The lowest BCUT2D eigenvalue weighted by atomic mass is 10.0. The van der Waals surface area contributed by atoms with Crippen LogP contribution >= 0.6 is 0 Å². The molecule has 0 aromatic heterocycles. The summed E-state index contributed by atoms with van der Waals surface area (Å²) in [6, 6.07) is 0. The second-order valence-corrected chi connectivity index (χ2v) is 4.18. The number of hydrogen-bond donors (Lipinski definition) is 0. The number of rotatable bonds is 2. The molecule has 4 heteroatoms. The van der Waals surface area contributed by atoms with E-state index in [1.54, 1.807) is 0 Å². The molecule has 2 atom stereocenters. The summed E-state index contributed by atoms with van der Waals surface area (Å²) < 4.78 is 36.8. The third kappa shape index (κ3) is 3.18. The van der Waals surface area contributed by atoms with Crippen LogP contribution in [0.25, 0.3) is 0 Å². The highest BCUT2D eigenvalue weighted by atomic mass is 19.4. The van der Waals surface area contributed by atoms with E-state index in [2.05, 4.69) is 0 Å². The van der Waals surface area contributed by atoms with Crippen molar-refractivity contribution in [2.45, 2.75) is 25.4 Å². The van der Waals surface area contributed by atoms with Crippen LogP contribution in [-0.4, -0.2) is 31.7 Å². The molecule has 0 saturated heterocycles. The minimum absolute atomic E-state index is 0.238. The van der Waals surface area contributed by atoms with Crippen molar-refractivity contribution < 1.29 is 13.2 Å². The fourth-order valence-corrected chi connectivity index (χ4v) is 2.05. The van der Waals surface area contributed by atoms with Crippen LogP contribution < -0.4 is 0 Å². The van der Waals surface area contributed by atoms with Gasteiger partial charge in [0.2, 0.25) is 0 Å². The molecule has 1 saturated carbocycles. The molecule has 0 heterocycles. The van der Waals surface area contributed by atoms with Gasteiger partial charge in [0.05, 0.1) is 5.92 Å². The van der Waals surface area contributed by atoms with Crippen molar-refractivity contribution in [3.63, 3.8) is 0 Å². The van der Waals surface area contributed by atoms with Gasteiger partial charge in [-0.15, -0.1) is 0 Å². The summed E-state index contributed by atoms with van der Waals surface area (Å²) in [6.07, 6.45) is -2.60. The summed E-state index contributed by atoms with van der Waals surface area (Å²) in [6.45, 7) is 0.784. The van der Waals surface area contributed by atoms with Crippen LogP contribution in [0.4, 0.5) is 13.2 Å². The number of hydrogen-bond acceptors (Lipinski definition) is 1. The largest absolute Gasteiger partial charge is 0.391 e. The molecular weight excluding hydrogens is 179 g/mol. The van der Waals surface area contributed by atoms with Gasteiger partial charge in [-0.3, -0.25) is 0 Å². The molecule has 78 valence electrons. The van der Waals surface area contributed by atoms with Crippen molar-refractivity contribution in [3.05, 3.63) is 0 Å². The van der Waals surface area contributed by atoms with Gasteiger partial charge >= 0.3 is 6.18 Å². The van der Waals surface area contributed by atoms with Gasteiger partial charge in [-0.2, -0.15) is 13.2 Å². The summed E-state index contributed by atoms with van der Waals surface area (Å²) in [5.41, 5.74) is 0. The Morgan fingerprint density at radius 2 is 1.85 bits per heavy atom. The summed E-state index contributed by atoms with van der Waals surface area (Å²) in [5, 5.41) is 0. The smallest absolute Gasteiger partial charge is 0.309 e. The molecule has 0 radical (unpaired) electrons. The van der Waals surface area contributed by atoms with Crippen molar-refractivity contribution in [3.8, 4) is 0 Å². The first-order valence-electron chi connectivity index (χ1n) is 4.61. The van der Waals surface area contributed by atoms with Crippen LogP contribution in [0.15, 0.2) is 0 Å². The highest BCUT2D eigenvalue weighted by molar-refractivity contribution is 4.81. The third-order valence-corrected chi connectivity index (χ3v) is 2.63. The van der Waals surface area contributed by atoms with E-state index in [0.717, 1.165) is 13.0 Å². The number of halogens is 3. The maximum absolute atomic E-state index is 12.3. The third-order valence-electron chi connectivity index (χ3n) is 2.63. The molecule has 0 bridgehead atoms. The van der Waals surface area contributed by atoms with Crippen molar-refractivity contribution >= 4 is 0 Å². The van der Waals surface area contributed by atoms with Gasteiger partial charge in [0.25, 0.3) is 0 Å². The molecule has 0 aromatic carbocycles. The summed E-state index contributed by atoms with van der Waals surface area (Å²) in [4.78, 5) is 1.96. The standard InChI is InChI=1S/C9H16F3N/c1-13(2)6-7-3-4-8(5-7)9(10,11)12/h7-8H,3-6H2,1-2H3. The van der Waals surface area contributed by atoms with Crippen molar-refractivity contribution in [1.82, 2.24) is 4.90 Å². The first-order chi connectivity index (χ1) is 5.89. The average molecular weight is 195 g/mol. The van der Waals surface area contributed by atoms with Crippen LogP contribution in [0, 0.1) is 11.8 Å². The van der Waals surface area contributed by atoms with Gasteiger partial charge in [-0.25, -0.2) is 0 Å². The lowest BCUT2D eigenvalue weighted by Gasteiger charge is -2.17.